The largest absolute Gasteiger partial charge is 0.306 e. The molecule has 1 aliphatic carbocycles. The second kappa shape index (κ2) is 3.04. The van der Waals surface area contributed by atoms with Crippen molar-refractivity contribution < 1.29 is 0 Å². The van der Waals surface area contributed by atoms with E-state index in [1.165, 1.54) is 0 Å². The van der Waals surface area contributed by atoms with E-state index in [-0.39, 0.29) is 11.1 Å². The average Bonchev–Trinajstić information content (AvgIpc) is 2.44. The Bertz CT molecular complexity index is 254. The summed E-state index contributed by atoms with van der Waals surface area (Å²) in [6.45, 7) is 23.2. The normalized spacial score (nSPS) is 45.4. The van der Waals surface area contributed by atoms with Crippen molar-refractivity contribution in [2.45, 2.75) is 80.3 Å². The van der Waals surface area contributed by atoms with Crippen molar-refractivity contribution in [2.75, 3.05) is 0 Å². The van der Waals surface area contributed by atoms with E-state index < -0.39 is 0 Å². The van der Waals surface area contributed by atoms with Crippen LogP contribution in [0.2, 0.25) is 0 Å². The van der Waals surface area contributed by atoms with Gasteiger partial charge in [-0.2, -0.15) is 0 Å². The first-order valence-electron chi connectivity index (χ1n) is 6.75. The highest BCUT2D eigenvalue weighted by Gasteiger charge is 2.89. The van der Waals surface area contributed by atoms with Gasteiger partial charge in [0.2, 0.25) is 0 Å². The van der Waals surface area contributed by atoms with E-state index in [0.29, 0.717) is 16.2 Å². The topological polar surface area (TPSA) is 12.0 Å². The number of fused-ring (bicyclic) bond motifs is 1. The van der Waals surface area contributed by atoms with Crippen LogP contribution in [0.15, 0.2) is 0 Å². The summed E-state index contributed by atoms with van der Waals surface area (Å²) in [7, 11) is 0. The van der Waals surface area contributed by atoms with E-state index in [0.717, 1.165) is 0 Å². The van der Waals surface area contributed by atoms with Crippen LogP contribution in [-0.2, 0) is 0 Å². The SMILES string of the molecule is CC.CC1(C)NC(C)(C)C2(C)C(C)(C)C12C. The van der Waals surface area contributed by atoms with Gasteiger partial charge in [-0.3, -0.25) is 0 Å². The summed E-state index contributed by atoms with van der Waals surface area (Å²) in [6.07, 6.45) is 0. The predicted octanol–water partition coefficient (Wildman–Crippen LogP) is 4.23. The van der Waals surface area contributed by atoms with Gasteiger partial charge in [-0.25, -0.2) is 0 Å². The van der Waals surface area contributed by atoms with Gasteiger partial charge in [0.15, 0.2) is 0 Å². The predicted molar refractivity (Wildman–Crippen MR) is 72.6 cm³/mol. The molecule has 0 amide bonds. The molecule has 96 valence electrons. The fourth-order valence-corrected chi connectivity index (χ4v) is 5.19. The minimum absolute atomic E-state index is 0.245. The van der Waals surface area contributed by atoms with Crippen LogP contribution in [0, 0.1) is 16.2 Å². The van der Waals surface area contributed by atoms with Crippen molar-refractivity contribution in [2.24, 2.45) is 16.2 Å². The lowest BCUT2D eigenvalue weighted by atomic mass is 9.80. The van der Waals surface area contributed by atoms with E-state index >= 15 is 0 Å². The molecular weight excluding hydrogens is 194 g/mol. The highest BCUT2D eigenvalue weighted by molar-refractivity contribution is 5.40. The molecule has 2 atom stereocenters. The number of nitrogens with one attached hydrogen (secondary N) is 1. The number of hydrogen-bond donors (Lipinski definition) is 1. The maximum atomic E-state index is 3.81. The molecule has 0 aromatic heterocycles. The summed E-state index contributed by atoms with van der Waals surface area (Å²) in [4.78, 5) is 0. The Kier molecular flexibility index (Phi) is 2.67. The number of hydrogen-bond acceptors (Lipinski definition) is 1. The lowest BCUT2D eigenvalue weighted by Gasteiger charge is -2.39. The molecule has 16 heavy (non-hydrogen) atoms. The van der Waals surface area contributed by atoms with Crippen LogP contribution in [0.3, 0.4) is 0 Å². The van der Waals surface area contributed by atoms with Crippen LogP contribution >= 0.6 is 0 Å². The first-order chi connectivity index (χ1) is 6.96. The zero-order valence-corrected chi connectivity index (χ0v) is 13.0. The van der Waals surface area contributed by atoms with E-state index in [1.807, 2.05) is 13.8 Å². The highest BCUT2D eigenvalue weighted by Crippen LogP contribution is 2.87. The molecule has 1 nitrogen and oxygen atoms in total. The van der Waals surface area contributed by atoms with Crippen LogP contribution in [0.1, 0.15) is 69.2 Å². The zero-order chi connectivity index (χ0) is 13.2. The Morgan fingerprint density at radius 2 is 0.812 bits per heavy atom. The third-order valence-electron chi connectivity index (χ3n) is 6.56. The minimum atomic E-state index is 0.245. The van der Waals surface area contributed by atoms with Crippen molar-refractivity contribution >= 4 is 0 Å². The Morgan fingerprint density at radius 1 is 0.562 bits per heavy atom. The van der Waals surface area contributed by atoms with Gasteiger partial charge in [-0.05, 0) is 43.9 Å². The monoisotopic (exact) mass is 225 g/mol. The van der Waals surface area contributed by atoms with Gasteiger partial charge < -0.3 is 5.32 Å². The molecule has 0 spiro atoms. The molecule has 1 N–H and O–H groups in total. The average molecular weight is 225 g/mol. The Hall–Kier alpha value is -0.0400. The van der Waals surface area contributed by atoms with Crippen molar-refractivity contribution in [1.82, 2.24) is 5.32 Å². The first-order valence-corrected chi connectivity index (χ1v) is 6.75. The molecule has 1 heteroatoms. The van der Waals surface area contributed by atoms with Gasteiger partial charge in [-0.1, -0.05) is 41.5 Å². The number of rotatable bonds is 0. The smallest absolute Gasteiger partial charge is 0.0195 e. The lowest BCUT2D eigenvalue weighted by molar-refractivity contribution is 0.171. The molecule has 1 heterocycles. The molecule has 2 unspecified atom stereocenters. The minimum Gasteiger partial charge on any atom is -0.306 e. The third-order valence-corrected chi connectivity index (χ3v) is 6.56. The van der Waals surface area contributed by atoms with E-state index in [9.17, 15) is 0 Å². The summed E-state index contributed by atoms with van der Waals surface area (Å²) in [5, 5.41) is 3.81. The van der Waals surface area contributed by atoms with E-state index in [1.54, 1.807) is 0 Å². The lowest BCUT2D eigenvalue weighted by Crippen LogP contribution is -2.53. The molecular formula is C15H31N. The molecule has 0 bridgehead atoms. The van der Waals surface area contributed by atoms with Crippen LogP contribution < -0.4 is 5.32 Å². The molecule has 1 saturated carbocycles. The fraction of sp³-hybridized carbons (Fsp3) is 1.00. The van der Waals surface area contributed by atoms with Gasteiger partial charge in [-0.15, -0.1) is 0 Å². The fourth-order valence-electron chi connectivity index (χ4n) is 5.19. The van der Waals surface area contributed by atoms with Gasteiger partial charge in [0, 0.05) is 11.1 Å². The second-order valence-electron chi connectivity index (χ2n) is 7.25. The van der Waals surface area contributed by atoms with Crippen LogP contribution in [0.25, 0.3) is 0 Å². The van der Waals surface area contributed by atoms with Crippen molar-refractivity contribution in [3.05, 3.63) is 0 Å². The Morgan fingerprint density at radius 3 is 0.938 bits per heavy atom. The summed E-state index contributed by atoms with van der Waals surface area (Å²) in [5.74, 6) is 0. The van der Waals surface area contributed by atoms with Crippen LogP contribution in [0.4, 0.5) is 0 Å². The van der Waals surface area contributed by atoms with Crippen molar-refractivity contribution in [1.29, 1.82) is 0 Å². The molecule has 2 rings (SSSR count). The van der Waals surface area contributed by atoms with Gasteiger partial charge in [0.1, 0.15) is 0 Å². The Labute approximate surface area is 102 Å². The summed E-state index contributed by atoms with van der Waals surface area (Å²) in [6, 6.07) is 0. The summed E-state index contributed by atoms with van der Waals surface area (Å²) in [5.41, 5.74) is 1.76. The van der Waals surface area contributed by atoms with Gasteiger partial charge in [0.25, 0.3) is 0 Å². The summed E-state index contributed by atoms with van der Waals surface area (Å²) < 4.78 is 0. The second-order valence-corrected chi connectivity index (χ2v) is 7.25. The molecule has 2 aliphatic rings. The van der Waals surface area contributed by atoms with Crippen molar-refractivity contribution in [3.8, 4) is 0 Å². The van der Waals surface area contributed by atoms with Crippen LogP contribution in [0.5, 0.6) is 0 Å². The molecule has 1 saturated heterocycles. The molecule has 2 fully saturated rings. The van der Waals surface area contributed by atoms with Gasteiger partial charge >= 0.3 is 0 Å². The molecule has 0 radical (unpaired) electrons. The van der Waals surface area contributed by atoms with E-state index in [2.05, 4.69) is 60.7 Å². The van der Waals surface area contributed by atoms with Crippen LogP contribution in [-0.4, -0.2) is 11.1 Å². The molecule has 0 aromatic carbocycles. The highest BCUT2D eigenvalue weighted by atomic mass is 15.2. The van der Waals surface area contributed by atoms with Gasteiger partial charge in [0.05, 0.1) is 0 Å². The maximum absolute atomic E-state index is 3.81. The van der Waals surface area contributed by atoms with Crippen molar-refractivity contribution in [3.63, 3.8) is 0 Å². The maximum Gasteiger partial charge on any atom is 0.0195 e. The Balaban J connectivity index is 0.000000606. The standard InChI is InChI=1S/C13H25N.C2H6/c1-9(2)12(7)10(3,4)14-11(5,6)13(9,12)8;1-2/h14H,1-8H3;1-2H3. The van der Waals surface area contributed by atoms with E-state index in [4.69, 9.17) is 0 Å². The molecule has 0 aromatic rings. The first kappa shape index (κ1) is 14.0. The number of piperidine rings is 1. The zero-order valence-electron chi connectivity index (χ0n) is 13.0. The summed E-state index contributed by atoms with van der Waals surface area (Å²) >= 11 is 0. The third kappa shape index (κ3) is 0.978. The quantitative estimate of drug-likeness (QED) is 0.650. The molecule has 1 aliphatic heterocycles.